The van der Waals surface area contributed by atoms with E-state index in [0.29, 0.717) is 6.04 Å². The minimum Gasteiger partial charge on any atom is -0.330 e. The van der Waals surface area contributed by atoms with Crippen molar-refractivity contribution in [3.8, 4) is 0 Å². The van der Waals surface area contributed by atoms with Gasteiger partial charge >= 0.3 is 0 Å². The van der Waals surface area contributed by atoms with Gasteiger partial charge in [0.1, 0.15) is 0 Å². The molecule has 1 atom stereocenters. The fourth-order valence-electron chi connectivity index (χ4n) is 1.61. The molecule has 3 heteroatoms. The van der Waals surface area contributed by atoms with Gasteiger partial charge in [0.2, 0.25) is 0 Å². The first-order valence-electron chi connectivity index (χ1n) is 6.91. The zero-order valence-corrected chi connectivity index (χ0v) is 12.4. The second-order valence-electron chi connectivity index (χ2n) is 4.47. The van der Waals surface area contributed by atoms with E-state index in [1.807, 2.05) is 13.1 Å². The number of aliphatic imine (C=N–C) groups is 1. The van der Waals surface area contributed by atoms with Crippen LogP contribution in [0.1, 0.15) is 40.0 Å². The molecule has 0 aromatic carbocycles. The van der Waals surface area contributed by atoms with Gasteiger partial charge in [-0.1, -0.05) is 31.6 Å². The van der Waals surface area contributed by atoms with Crippen LogP contribution >= 0.6 is 0 Å². The minimum atomic E-state index is 0.343. The highest BCUT2D eigenvalue weighted by atomic mass is 15.1. The number of rotatable bonds is 9. The molecule has 0 fully saturated rings. The van der Waals surface area contributed by atoms with Crippen LogP contribution in [0.3, 0.4) is 0 Å². The summed E-state index contributed by atoms with van der Waals surface area (Å²) in [6.07, 6.45) is 11.6. The molecule has 0 heterocycles. The molecule has 0 aliphatic carbocycles. The van der Waals surface area contributed by atoms with Crippen molar-refractivity contribution in [2.45, 2.75) is 46.1 Å². The normalized spacial score (nSPS) is 15.1. The molecular formula is C15H29N3. The lowest BCUT2D eigenvalue weighted by molar-refractivity contribution is 0.315. The Hall–Kier alpha value is -0.930. The van der Waals surface area contributed by atoms with Crippen molar-refractivity contribution < 1.29 is 0 Å². The van der Waals surface area contributed by atoms with Gasteiger partial charge in [-0.15, -0.1) is 0 Å². The number of likely N-dealkylation sites (N-methyl/N-ethyl adjacent to an activating group) is 1. The van der Waals surface area contributed by atoms with Crippen LogP contribution in [-0.4, -0.2) is 37.3 Å². The molecule has 0 amide bonds. The Bertz CT molecular complexity index is 279. The molecule has 0 bridgehead atoms. The molecule has 0 spiro atoms. The third-order valence-corrected chi connectivity index (χ3v) is 2.90. The second kappa shape index (κ2) is 11.2. The maximum absolute atomic E-state index is 5.45. The lowest BCUT2D eigenvalue weighted by Crippen LogP contribution is -2.30. The van der Waals surface area contributed by atoms with Crippen molar-refractivity contribution in [3.63, 3.8) is 0 Å². The molecule has 0 aliphatic heterocycles. The van der Waals surface area contributed by atoms with Crippen molar-refractivity contribution in [1.82, 2.24) is 4.90 Å². The molecule has 0 radical (unpaired) electrons. The van der Waals surface area contributed by atoms with Crippen molar-refractivity contribution in [2.24, 2.45) is 10.7 Å². The lowest BCUT2D eigenvalue weighted by atomic mass is 10.1. The fraction of sp³-hybridized carbons (Fsp3) is 0.667. The molecule has 0 aliphatic rings. The number of nitrogens with two attached hydrogens (primary N) is 1. The summed E-state index contributed by atoms with van der Waals surface area (Å²) in [4.78, 5) is 6.77. The van der Waals surface area contributed by atoms with Crippen LogP contribution in [0, 0.1) is 0 Å². The number of hydrogen-bond acceptors (Lipinski definition) is 3. The molecular weight excluding hydrogens is 222 g/mol. The quantitative estimate of drug-likeness (QED) is 0.505. The minimum absolute atomic E-state index is 0.343. The highest BCUT2D eigenvalue weighted by Crippen LogP contribution is 2.12. The predicted molar refractivity (Wildman–Crippen MR) is 82.1 cm³/mol. The van der Waals surface area contributed by atoms with Crippen LogP contribution in [0.5, 0.6) is 0 Å². The summed E-state index contributed by atoms with van der Waals surface area (Å²) in [6.45, 7) is 8.01. The average Bonchev–Trinajstić information content (AvgIpc) is 2.38. The first-order chi connectivity index (χ1) is 8.67. The molecule has 0 saturated carbocycles. The van der Waals surface area contributed by atoms with Crippen molar-refractivity contribution in [3.05, 3.63) is 23.9 Å². The summed E-state index contributed by atoms with van der Waals surface area (Å²) in [5.74, 6) is 0. The van der Waals surface area contributed by atoms with Gasteiger partial charge in [-0.25, -0.2) is 0 Å². The number of allylic oxidation sites excluding steroid dienone is 1. The summed E-state index contributed by atoms with van der Waals surface area (Å²) in [6, 6.07) is 0.343. The van der Waals surface area contributed by atoms with Gasteiger partial charge in [0, 0.05) is 18.8 Å². The topological polar surface area (TPSA) is 41.6 Å². The molecule has 1 unspecified atom stereocenters. The van der Waals surface area contributed by atoms with E-state index in [1.54, 1.807) is 0 Å². The maximum Gasteiger partial charge on any atom is 0.0528 e. The molecule has 3 nitrogen and oxygen atoms in total. The lowest BCUT2D eigenvalue weighted by Gasteiger charge is -2.24. The van der Waals surface area contributed by atoms with E-state index in [0.717, 1.165) is 38.0 Å². The van der Waals surface area contributed by atoms with Gasteiger partial charge in [0.15, 0.2) is 0 Å². The van der Waals surface area contributed by atoms with E-state index in [9.17, 15) is 0 Å². The van der Waals surface area contributed by atoms with Crippen molar-refractivity contribution >= 4 is 6.21 Å². The van der Waals surface area contributed by atoms with Crippen molar-refractivity contribution in [2.75, 3.05) is 20.1 Å². The third-order valence-electron chi connectivity index (χ3n) is 2.90. The van der Waals surface area contributed by atoms with Gasteiger partial charge in [-0.05, 0) is 40.3 Å². The fourth-order valence-corrected chi connectivity index (χ4v) is 1.61. The molecule has 0 aromatic rings. The third kappa shape index (κ3) is 7.41. The number of hydrogen-bond donors (Lipinski definition) is 1. The van der Waals surface area contributed by atoms with Gasteiger partial charge in [-0.2, -0.15) is 0 Å². The van der Waals surface area contributed by atoms with Gasteiger partial charge in [-0.3, -0.25) is 9.89 Å². The van der Waals surface area contributed by atoms with E-state index in [-0.39, 0.29) is 0 Å². The van der Waals surface area contributed by atoms with Crippen LogP contribution < -0.4 is 5.73 Å². The van der Waals surface area contributed by atoms with E-state index >= 15 is 0 Å². The van der Waals surface area contributed by atoms with Crippen LogP contribution in [0.4, 0.5) is 0 Å². The summed E-state index contributed by atoms with van der Waals surface area (Å²) < 4.78 is 0. The number of unbranched alkanes of at least 4 members (excludes halogenated alkanes) is 1. The maximum atomic E-state index is 5.45. The Morgan fingerprint density at radius 3 is 2.61 bits per heavy atom. The van der Waals surface area contributed by atoms with Gasteiger partial charge in [0.25, 0.3) is 0 Å². The highest BCUT2D eigenvalue weighted by molar-refractivity contribution is 5.55. The average molecular weight is 251 g/mol. The smallest absolute Gasteiger partial charge is 0.0528 e. The number of nitrogens with zero attached hydrogens (tertiary/aromatic N) is 2. The van der Waals surface area contributed by atoms with Crippen LogP contribution in [-0.2, 0) is 0 Å². The SMILES string of the molecule is CC=N/C(=C\CCC)C(C)N(C)C/C=C\CCN. The summed E-state index contributed by atoms with van der Waals surface area (Å²) >= 11 is 0. The Kier molecular flexibility index (Phi) is 10.6. The van der Waals surface area contributed by atoms with E-state index in [4.69, 9.17) is 5.73 Å². The highest BCUT2D eigenvalue weighted by Gasteiger charge is 2.11. The summed E-state index contributed by atoms with van der Waals surface area (Å²) in [7, 11) is 2.13. The van der Waals surface area contributed by atoms with Crippen LogP contribution in [0.25, 0.3) is 0 Å². The first-order valence-corrected chi connectivity index (χ1v) is 6.91. The monoisotopic (exact) mass is 251 g/mol. The zero-order chi connectivity index (χ0) is 13.8. The van der Waals surface area contributed by atoms with E-state index < -0.39 is 0 Å². The van der Waals surface area contributed by atoms with Crippen LogP contribution in [0.15, 0.2) is 28.9 Å². The Labute approximate surface area is 112 Å². The molecule has 0 saturated heterocycles. The van der Waals surface area contributed by atoms with Crippen molar-refractivity contribution in [1.29, 1.82) is 0 Å². The standard InChI is InChI=1S/C15H29N3/c1-5-7-11-15(17-6-2)14(3)18(4)13-10-8-9-12-16/h6,8,10-11,14H,5,7,9,12-13,16H2,1-4H3/b10-8-,15-11-,17-6?. The largest absolute Gasteiger partial charge is 0.330 e. The summed E-state index contributed by atoms with van der Waals surface area (Å²) in [5, 5.41) is 0. The first kappa shape index (κ1) is 17.1. The van der Waals surface area contributed by atoms with E-state index in [1.165, 1.54) is 0 Å². The summed E-state index contributed by atoms with van der Waals surface area (Å²) in [5.41, 5.74) is 6.62. The molecule has 0 rings (SSSR count). The predicted octanol–water partition coefficient (Wildman–Crippen LogP) is 2.99. The molecule has 2 N–H and O–H groups in total. The Morgan fingerprint density at radius 2 is 2.06 bits per heavy atom. The van der Waals surface area contributed by atoms with Gasteiger partial charge in [0.05, 0.1) is 5.70 Å². The zero-order valence-electron chi connectivity index (χ0n) is 12.4. The molecule has 104 valence electrons. The molecule has 0 aromatic heterocycles. The van der Waals surface area contributed by atoms with Crippen LogP contribution in [0.2, 0.25) is 0 Å². The Balaban J connectivity index is 4.41. The van der Waals surface area contributed by atoms with Gasteiger partial charge < -0.3 is 5.73 Å². The Morgan fingerprint density at radius 1 is 1.33 bits per heavy atom. The second-order valence-corrected chi connectivity index (χ2v) is 4.47. The molecule has 18 heavy (non-hydrogen) atoms. The van der Waals surface area contributed by atoms with E-state index in [2.05, 4.69) is 49.0 Å².